The fourth-order valence-electron chi connectivity index (χ4n) is 3.57. The molecule has 1 N–H and O–H groups in total. The number of carbonyl (C=O) groups excluding carboxylic acids is 1. The minimum atomic E-state index is -0.190. The fourth-order valence-corrected chi connectivity index (χ4v) is 3.57. The maximum Gasteiger partial charge on any atom is 0.258 e. The third kappa shape index (κ3) is 5.53. The van der Waals surface area contributed by atoms with Gasteiger partial charge in [-0.15, -0.1) is 0 Å². The van der Waals surface area contributed by atoms with Crippen LogP contribution in [0, 0.1) is 5.92 Å². The molecule has 0 radical (unpaired) electrons. The average Bonchev–Trinajstić information content (AvgIpc) is 2.74. The van der Waals surface area contributed by atoms with Crippen molar-refractivity contribution in [2.75, 3.05) is 40.4 Å². The quantitative estimate of drug-likeness (QED) is 0.569. The first kappa shape index (κ1) is 23.7. The van der Waals surface area contributed by atoms with E-state index in [9.17, 15) is 9.59 Å². The zero-order valence-corrected chi connectivity index (χ0v) is 19.1. The van der Waals surface area contributed by atoms with Crippen LogP contribution in [0.15, 0.2) is 23.1 Å². The second-order valence-electron chi connectivity index (χ2n) is 7.78. The van der Waals surface area contributed by atoms with Crippen LogP contribution >= 0.6 is 0 Å². The molecule has 30 heavy (non-hydrogen) atoms. The number of carbonyl (C=O) groups is 1. The van der Waals surface area contributed by atoms with Gasteiger partial charge in [-0.2, -0.15) is 0 Å². The number of hydrogen-bond acceptors (Lipinski definition) is 5. The lowest BCUT2D eigenvalue weighted by molar-refractivity contribution is 0.0952. The van der Waals surface area contributed by atoms with Crippen molar-refractivity contribution in [2.45, 2.75) is 40.7 Å². The van der Waals surface area contributed by atoms with Crippen LogP contribution in [0.1, 0.15) is 44.5 Å². The number of fused-ring (bicyclic) bond motifs is 1. The van der Waals surface area contributed by atoms with Gasteiger partial charge in [-0.05, 0) is 44.1 Å². The van der Waals surface area contributed by atoms with Crippen molar-refractivity contribution in [1.29, 1.82) is 0 Å². The van der Waals surface area contributed by atoms with E-state index in [0.717, 1.165) is 26.1 Å². The topological polar surface area (TPSA) is 72.8 Å². The molecule has 2 aromatic rings. The van der Waals surface area contributed by atoms with Crippen LogP contribution in [0.2, 0.25) is 0 Å². The Hall–Kier alpha value is -2.54. The zero-order valence-electron chi connectivity index (χ0n) is 19.1. The van der Waals surface area contributed by atoms with Gasteiger partial charge in [0.15, 0.2) is 11.5 Å². The lowest BCUT2D eigenvalue weighted by Gasteiger charge is -2.18. The van der Waals surface area contributed by atoms with Gasteiger partial charge in [0.25, 0.3) is 11.5 Å². The molecule has 7 nitrogen and oxygen atoms in total. The van der Waals surface area contributed by atoms with Gasteiger partial charge in [0.05, 0.1) is 25.2 Å². The highest BCUT2D eigenvalue weighted by molar-refractivity contribution is 6.07. The van der Waals surface area contributed by atoms with E-state index >= 15 is 0 Å². The van der Waals surface area contributed by atoms with E-state index in [1.165, 1.54) is 14.2 Å². The summed E-state index contributed by atoms with van der Waals surface area (Å²) in [7, 11) is 3.07. The van der Waals surface area contributed by atoms with Crippen LogP contribution in [-0.4, -0.2) is 55.8 Å². The predicted molar refractivity (Wildman–Crippen MR) is 121 cm³/mol. The summed E-state index contributed by atoms with van der Waals surface area (Å²) < 4.78 is 12.4. The van der Waals surface area contributed by atoms with E-state index in [1.807, 2.05) is 13.8 Å². The van der Waals surface area contributed by atoms with E-state index in [1.54, 1.807) is 22.9 Å². The Morgan fingerprint density at radius 2 is 1.70 bits per heavy atom. The summed E-state index contributed by atoms with van der Waals surface area (Å²) in [6, 6.07) is 3.37. The van der Waals surface area contributed by atoms with Crippen LogP contribution in [0.3, 0.4) is 0 Å². The van der Waals surface area contributed by atoms with E-state index in [2.05, 4.69) is 24.1 Å². The molecule has 166 valence electrons. The largest absolute Gasteiger partial charge is 0.493 e. The number of nitrogens with zero attached hydrogens (tertiary/aromatic N) is 2. The highest BCUT2D eigenvalue weighted by atomic mass is 16.5. The maximum absolute atomic E-state index is 13.0. The Bertz CT molecular complexity index is 917. The van der Waals surface area contributed by atoms with Crippen LogP contribution in [0.4, 0.5) is 0 Å². The average molecular weight is 418 g/mol. The normalized spacial score (nSPS) is 11.3. The van der Waals surface area contributed by atoms with Gasteiger partial charge < -0.3 is 24.3 Å². The zero-order chi connectivity index (χ0) is 22.3. The van der Waals surface area contributed by atoms with E-state index in [-0.39, 0.29) is 17.4 Å². The molecule has 0 aliphatic rings. The summed E-state index contributed by atoms with van der Waals surface area (Å²) in [6.45, 7) is 12.4. The molecule has 1 heterocycles. The lowest BCUT2D eigenvalue weighted by atomic mass is 10.0. The van der Waals surface area contributed by atoms with Crippen molar-refractivity contribution in [1.82, 2.24) is 14.8 Å². The van der Waals surface area contributed by atoms with Crippen LogP contribution in [-0.2, 0) is 6.54 Å². The molecule has 0 aliphatic carbocycles. The maximum atomic E-state index is 13.0. The fraction of sp³-hybridized carbons (Fsp3) is 0.565. The molecule has 0 aliphatic heterocycles. The molecule has 7 heteroatoms. The number of rotatable bonds is 11. The van der Waals surface area contributed by atoms with Gasteiger partial charge in [0.1, 0.15) is 0 Å². The summed E-state index contributed by atoms with van der Waals surface area (Å²) >= 11 is 0. The summed E-state index contributed by atoms with van der Waals surface area (Å²) in [5.41, 5.74) is 0.326. The molecular formula is C23H35N3O4. The first-order valence-corrected chi connectivity index (χ1v) is 10.7. The molecule has 2 rings (SSSR count). The first-order chi connectivity index (χ1) is 14.4. The van der Waals surface area contributed by atoms with Crippen LogP contribution < -0.4 is 20.3 Å². The molecule has 0 saturated carbocycles. The Morgan fingerprint density at radius 3 is 2.23 bits per heavy atom. The molecule has 1 aromatic carbocycles. The Labute approximate surface area is 179 Å². The van der Waals surface area contributed by atoms with Crippen molar-refractivity contribution in [3.8, 4) is 11.5 Å². The van der Waals surface area contributed by atoms with Crippen molar-refractivity contribution < 1.29 is 14.3 Å². The van der Waals surface area contributed by atoms with Crippen molar-refractivity contribution in [3.63, 3.8) is 0 Å². The molecule has 0 saturated heterocycles. The molecule has 0 bridgehead atoms. The molecular weight excluding hydrogens is 382 g/mol. The number of pyridine rings is 1. The van der Waals surface area contributed by atoms with Crippen molar-refractivity contribution >= 4 is 16.7 Å². The number of methoxy groups -OCH3 is 2. The summed E-state index contributed by atoms with van der Waals surface area (Å²) in [6.07, 6.45) is 2.53. The molecule has 1 amide bonds. The monoisotopic (exact) mass is 417 g/mol. The van der Waals surface area contributed by atoms with Gasteiger partial charge in [0, 0.05) is 24.7 Å². The predicted octanol–water partition coefficient (Wildman–Crippen LogP) is 3.14. The number of nitrogens with one attached hydrogen (secondary N) is 1. The van der Waals surface area contributed by atoms with E-state index < -0.39 is 0 Å². The second kappa shape index (κ2) is 11.0. The SMILES string of the molecule is CCN(CC)CCCNC(=O)c1cn(CC(C)C)c(=O)c2cc(OC)c(OC)cc12. The lowest BCUT2D eigenvalue weighted by Crippen LogP contribution is -2.31. The summed E-state index contributed by atoms with van der Waals surface area (Å²) in [4.78, 5) is 28.4. The number of aromatic nitrogens is 1. The van der Waals surface area contributed by atoms with Gasteiger partial charge in [-0.1, -0.05) is 27.7 Å². The van der Waals surface area contributed by atoms with Crippen molar-refractivity contribution in [3.05, 3.63) is 34.2 Å². The minimum Gasteiger partial charge on any atom is -0.493 e. The van der Waals surface area contributed by atoms with E-state index in [0.29, 0.717) is 40.9 Å². The second-order valence-corrected chi connectivity index (χ2v) is 7.78. The smallest absolute Gasteiger partial charge is 0.258 e. The number of hydrogen-bond donors (Lipinski definition) is 1. The number of ether oxygens (including phenoxy) is 2. The standard InChI is InChI=1S/C23H35N3O4/c1-7-25(8-2)11-9-10-24-22(27)19-15-26(14-16(3)4)23(28)18-13-21(30-6)20(29-5)12-17(18)19/h12-13,15-16H,7-11,14H2,1-6H3,(H,24,27). The Morgan fingerprint density at radius 1 is 1.10 bits per heavy atom. The number of benzene rings is 1. The Kier molecular flexibility index (Phi) is 8.72. The third-order valence-corrected chi connectivity index (χ3v) is 5.23. The number of amides is 1. The third-order valence-electron chi connectivity index (χ3n) is 5.23. The van der Waals surface area contributed by atoms with Crippen LogP contribution in [0.25, 0.3) is 10.8 Å². The van der Waals surface area contributed by atoms with Gasteiger partial charge in [0.2, 0.25) is 0 Å². The highest BCUT2D eigenvalue weighted by Crippen LogP contribution is 2.32. The van der Waals surface area contributed by atoms with Gasteiger partial charge >= 0.3 is 0 Å². The molecule has 0 spiro atoms. The van der Waals surface area contributed by atoms with E-state index in [4.69, 9.17) is 9.47 Å². The minimum absolute atomic E-state index is 0.141. The molecule has 1 aromatic heterocycles. The summed E-state index contributed by atoms with van der Waals surface area (Å²) in [5, 5.41) is 4.02. The Balaban J connectivity index is 2.41. The van der Waals surface area contributed by atoms with Crippen LogP contribution in [0.5, 0.6) is 11.5 Å². The van der Waals surface area contributed by atoms with Gasteiger partial charge in [-0.3, -0.25) is 9.59 Å². The van der Waals surface area contributed by atoms with Crippen molar-refractivity contribution in [2.24, 2.45) is 5.92 Å². The molecule has 0 atom stereocenters. The first-order valence-electron chi connectivity index (χ1n) is 10.7. The molecule has 0 unspecified atom stereocenters. The van der Waals surface area contributed by atoms with Gasteiger partial charge in [-0.25, -0.2) is 0 Å². The molecule has 0 fully saturated rings. The highest BCUT2D eigenvalue weighted by Gasteiger charge is 2.18. The summed E-state index contributed by atoms with van der Waals surface area (Å²) in [5.74, 6) is 1.03.